The van der Waals surface area contributed by atoms with E-state index in [9.17, 15) is 4.79 Å². The number of carbonyl (C=O) groups excluding carboxylic acids is 1. The van der Waals surface area contributed by atoms with E-state index in [1.165, 1.54) is 11.3 Å². The van der Waals surface area contributed by atoms with Crippen LogP contribution in [-0.4, -0.2) is 12.4 Å². The molecule has 2 aromatic rings. The summed E-state index contributed by atoms with van der Waals surface area (Å²) in [4.78, 5) is 12.6. The van der Waals surface area contributed by atoms with Gasteiger partial charge in [0, 0.05) is 16.3 Å². The molecule has 0 spiro atoms. The van der Waals surface area contributed by atoms with E-state index in [4.69, 9.17) is 27.9 Å². The van der Waals surface area contributed by atoms with Crippen LogP contribution in [0.3, 0.4) is 0 Å². The predicted octanol–water partition coefficient (Wildman–Crippen LogP) is 4.25. The summed E-state index contributed by atoms with van der Waals surface area (Å²) in [5.74, 6) is 0.605. The number of ketones is 1. The minimum atomic E-state index is 0.00786. The lowest BCUT2D eigenvalue weighted by atomic mass is 10.2. The second kappa shape index (κ2) is 6.23. The molecule has 2 nitrogen and oxygen atoms in total. The Morgan fingerprint density at radius 3 is 2.72 bits per heavy atom. The fourth-order valence-corrected chi connectivity index (χ4v) is 2.71. The van der Waals surface area contributed by atoms with Crippen molar-refractivity contribution in [2.45, 2.75) is 6.42 Å². The first-order valence-corrected chi connectivity index (χ1v) is 6.85. The molecule has 0 aliphatic rings. The second-order valence-electron chi connectivity index (χ2n) is 3.67. The van der Waals surface area contributed by atoms with Crippen molar-refractivity contribution in [3.05, 3.63) is 50.6 Å². The predicted molar refractivity (Wildman–Crippen MR) is 75.0 cm³/mol. The van der Waals surface area contributed by atoms with E-state index in [1.54, 1.807) is 30.3 Å². The van der Waals surface area contributed by atoms with Gasteiger partial charge in [-0.3, -0.25) is 4.79 Å². The first-order chi connectivity index (χ1) is 8.63. The van der Waals surface area contributed by atoms with Crippen molar-refractivity contribution in [2.24, 2.45) is 0 Å². The number of Topliss-reactive ketones (excluding diaryl/α,β-unsaturated/α-hetero) is 1. The lowest BCUT2D eigenvalue weighted by molar-refractivity contribution is -0.120. The number of thiophene rings is 1. The summed E-state index contributed by atoms with van der Waals surface area (Å²) < 4.78 is 6.05. The Bertz CT molecular complexity index is 551. The summed E-state index contributed by atoms with van der Waals surface area (Å²) in [6, 6.07) is 10.6. The van der Waals surface area contributed by atoms with E-state index in [0.29, 0.717) is 21.5 Å². The van der Waals surface area contributed by atoms with Gasteiger partial charge in [-0.1, -0.05) is 29.3 Å². The third-order valence-corrected chi connectivity index (χ3v) is 3.66. The van der Waals surface area contributed by atoms with Crippen molar-refractivity contribution in [1.29, 1.82) is 0 Å². The van der Waals surface area contributed by atoms with Crippen LogP contribution < -0.4 is 4.74 Å². The number of hydrogen-bond donors (Lipinski definition) is 0. The van der Waals surface area contributed by atoms with Gasteiger partial charge in [0.2, 0.25) is 0 Å². The molecule has 2 rings (SSSR count). The quantitative estimate of drug-likeness (QED) is 0.825. The summed E-state index contributed by atoms with van der Waals surface area (Å²) in [6.45, 7) is 0.0376. The third kappa shape index (κ3) is 4.02. The number of ether oxygens (including phenoxy) is 1. The van der Waals surface area contributed by atoms with Gasteiger partial charge in [0.15, 0.2) is 5.78 Å². The zero-order valence-corrected chi connectivity index (χ0v) is 11.7. The van der Waals surface area contributed by atoms with Crippen LogP contribution in [0.25, 0.3) is 0 Å². The summed E-state index contributed by atoms with van der Waals surface area (Å²) in [7, 11) is 0. The molecule has 0 atom stereocenters. The first kappa shape index (κ1) is 13.4. The fourth-order valence-electron chi connectivity index (χ4n) is 1.41. The van der Waals surface area contributed by atoms with E-state index >= 15 is 0 Å². The Labute approximate surface area is 119 Å². The molecule has 1 aromatic heterocycles. The number of benzene rings is 1. The van der Waals surface area contributed by atoms with E-state index < -0.39 is 0 Å². The summed E-state index contributed by atoms with van der Waals surface area (Å²) in [6.07, 6.45) is 0.345. The Kier molecular flexibility index (Phi) is 4.64. The first-order valence-electron chi connectivity index (χ1n) is 5.28. The van der Waals surface area contributed by atoms with Gasteiger partial charge in [0.1, 0.15) is 12.4 Å². The highest BCUT2D eigenvalue weighted by Gasteiger charge is 2.07. The maximum absolute atomic E-state index is 11.7. The SMILES string of the molecule is O=C(COc1cccc(Cl)c1)Cc1ccc(Cl)s1. The number of carbonyl (C=O) groups is 1. The monoisotopic (exact) mass is 300 g/mol. The molecule has 1 heterocycles. The number of hydrogen-bond acceptors (Lipinski definition) is 3. The van der Waals surface area contributed by atoms with E-state index in [0.717, 1.165) is 4.88 Å². The zero-order valence-electron chi connectivity index (χ0n) is 9.36. The van der Waals surface area contributed by atoms with Gasteiger partial charge < -0.3 is 4.74 Å². The molecule has 0 saturated carbocycles. The summed E-state index contributed by atoms with van der Waals surface area (Å²) in [5, 5.41) is 0.588. The molecule has 0 bridgehead atoms. The van der Waals surface area contributed by atoms with Gasteiger partial charge in [-0.25, -0.2) is 0 Å². The normalized spacial score (nSPS) is 10.3. The molecular formula is C13H10Cl2O2S. The molecule has 94 valence electrons. The largest absolute Gasteiger partial charge is 0.486 e. The van der Waals surface area contributed by atoms with Crippen LogP contribution in [0.1, 0.15) is 4.88 Å². The summed E-state index contributed by atoms with van der Waals surface area (Å²) >= 11 is 13.0. The van der Waals surface area contributed by atoms with Crippen molar-refractivity contribution >= 4 is 40.3 Å². The van der Waals surface area contributed by atoms with Gasteiger partial charge in [-0.2, -0.15) is 0 Å². The molecule has 1 aromatic carbocycles. The van der Waals surface area contributed by atoms with Crippen LogP contribution in [0.2, 0.25) is 9.36 Å². The molecule has 18 heavy (non-hydrogen) atoms. The van der Waals surface area contributed by atoms with Crippen LogP contribution in [-0.2, 0) is 11.2 Å². The van der Waals surface area contributed by atoms with Crippen LogP contribution in [0, 0.1) is 0 Å². The molecule has 0 fully saturated rings. The minimum Gasteiger partial charge on any atom is -0.486 e. The zero-order chi connectivity index (χ0) is 13.0. The molecular weight excluding hydrogens is 291 g/mol. The fraction of sp³-hybridized carbons (Fsp3) is 0.154. The van der Waals surface area contributed by atoms with Gasteiger partial charge in [-0.05, 0) is 30.3 Å². The molecule has 0 amide bonds. The Hall–Kier alpha value is -1.03. The van der Waals surface area contributed by atoms with Gasteiger partial charge in [-0.15, -0.1) is 11.3 Å². The highest BCUT2D eigenvalue weighted by molar-refractivity contribution is 7.16. The molecule has 0 saturated heterocycles. The van der Waals surface area contributed by atoms with Gasteiger partial charge in [0.05, 0.1) is 4.34 Å². The van der Waals surface area contributed by atoms with Crippen molar-refractivity contribution in [1.82, 2.24) is 0 Å². The highest BCUT2D eigenvalue weighted by atomic mass is 35.5. The molecule has 5 heteroatoms. The van der Waals surface area contributed by atoms with E-state index in [2.05, 4.69) is 0 Å². The molecule has 0 aliphatic heterocycles. The van der Waals surface area contributed by atoms with E-state index in [-0.39, 0.29) is 12.4 Å². The second-order valence-corrected chi connectivity index (χ2v) is 5.90. The summed E-state index contributed by atoms with van der Waals surface area (Å²) in [5.41, 5.74) is 0. The molecule has 0 radical (unpaired) electrons. The Balaban J connectivity index is 1.85. The minimum absolute atomic E-state index is 0.00786. The van der Waals surface area contributed by atoms with E-state index in [1.807, 2.05) is 6.07 Å². The van der Waals surface area contributed by atoms with Crippen LogP contribution in [0.15, 0.2) is 36.4 Å². The molecule has 0 aliphatic carbocycles. The smallest absolute Gasteiger partial charge is 0.175 e. The lowest BCUT2D eigenvalue weighted by Crippen LogP contribution is -2.13. The average Bonchev–Trinajstić information content (AvgIpc) is 2.72. The average molecular weight is 301 g/mol. The van der Waals surface area contributed by atoms with Crippen LogP contribution in [0.5, 0.6) is 5.75 Å². The van der Waals surface area contributed by atoms with Crippen molar-refractivity contribution in [2.75, 3.05) is 6.61 Å². The highest BCUT2D eigenvalue weighted by Crippen LogP contribution is 2.22. The van der Waals surface area contributed by atoms with Crippen molar-refractivity contribution in [3.63, 3.8) is 0 Å². The Morgan fingerprint density at radius 2 is 2.06 bits per heavy atom. The topological polar surface area (TPSA) is 26.3 Å². The maximum atomic E-state index is 11.7. The number of halogens is 2. The van der Waals surface area contributed by atoms with Crippen LogP contribution >= 0.6 is 34.5 Å². The molecule has 0 N–H and O–H groups in total. The van der Waals surface area contributed by atoms with Gasteiger partial charge >= 0.3 is 0 Å². The Morgan fingerprint density at radius 1 is 1.22 bits per heavy atom. The van der Waals surface area contributed by atoms with Crippen molar-refractivity contribution in [3.8, 4) is 5.75 Å². The van der Waals surface area contributed by atoms with Gasteiger partial charge in [0.25, 0.3) is 0 Å². The molecule has 0 unspecified atom stereocenters. The standard InChI is InChI=1S/C13H10Cl2O2S/c14-9-2-1-3-11(6-9)17-8-10(16)7-12-4-5-13(15)18-12/h1-6H,7-8H2. The maximum Gasteiger partial charge on any atom is 0.175 e. The third-order valence-electron chi connectivity index (χ3n) is 2.20. The number of rotatable bonds is 5. The van der Waals surface area contributed by atoms with Crippen LogP contribution in [0.4, 0.5) is 0 Å². The lowest BCUT2D eigenvalue weighted by Gasteiger charge is -2.04. The van der Waals surface area contributed by atoms with Crippen molar-refractivity contribution < 1.29 is 9.53 Å².